The Balaban J connectivity index is 1.34. The summed E-state index contributed by atoms with van der Waals surface area (Å²) in [6, 6.07) is 6.42. The number of nitrogens with two attached hydrogens (primary N) is 3. The first-order chi connectivity index (χ1) is 15.8. The Labute approximate surface area is 195 Å². The molecule has 172 valence electrons. The number of nitrogens with zero attached hydrogens (tertiary/aromatic N) is 4. The molecule has 6 N–H and O–H groups in total. The van der Waals surface area contributed by atoms with Crippen molar-refractivity contribution in [2.75, 3.05) is 18.8 Å². The van der Waals surface area contributed by atoms with Gasteiger partial charge in [-0.1, -0.05) is 17.8 Å². The van der Waals surface area contributed by atoms with E-state index >= 15 is 0 Å². The largest absolute Gasteiger partial charge is 0.383 e. The maximum absolute atomic E-state index is 13.8. The Kier molecular flexibility index (Phi) is 5.37. The summed E-state index contributed by atoms with van der Waals surface area (Å²) in [7, 11) is 0. The molecule has 10 heteroatoms. The smallest absolute Gasteiger partial charge is 0.221 e. The van der Waals surface area contributed by atoms with Crippen LogP contribution in [0, 0.1) is 17.2 Å². The fourth-order valence-corrected chi connectivity index (χ4v) is 6.09. The quantitative estimate of drug-likeness (QED) is 0.573. The van der Waals surface area contributed by atoms with E-state index < -0.39 is 5.92 Å². The Morgan fingerprint density at radius 3 is 2.70 bits per heavy atom. The molecule has 1 saturated heterocycles. The van der Waals surface area contributed by atoms with E-state index in [2.05, 4.69) is 19.9 Å². The molecule has 3 heterocycles. The molecular formula is C23H26FN7OS. The average molecular weight is 468 g/mol. The molecule has 8 nitrogen and oxygen atoms in total. The van der Waals surface area contributed by atoms with E-state index in [1.54, 1.807) is 12.1 Å². The highest BCUT2D eigenvalue weighted by Crippen LogP contribution is 2.51. The van der Waals surface area contributed by atoms with Gasteiger partial charge in [-0.2, -0.15) is 0 Å². The van der Waals surface area contributed by atoms with Gasteiger partial charge in [0.2, 0.25) is 5.95 Å². The fraction of sp³-hybridized carbons (Fsp3) is 0.391. The first-order valence-corrected chi connectivity index (χ1v) is 11.8. The number of halogens is 1. The molecule has 1 aromatic heterocycles. The summed E-state index contributed by atoms with van der Waals surface area (Å²) in [5.41, 5.74) is 20.4. The zero-order chi connectivity index (χ0) is 23.3. The van der Waals surface area contributed by atoms with Gasteiger partial charge in [0.15, 0.2) is 5.78 Å². The minimum Gasteiger partial charge on any atom is -0.383 e. The number of benzene rings is 1. The number of hydrogen-bond acceptors (Lipinski definition) is 9. The second kappa shape index (κ2) is 8.11. The molecular weight excluding hydrogens is 441 g/mol. The van der Waals surface area contributed by atoms with Crippen molar-refractivity contribution in [3.05, 3.63) is 58.1 Å². The summed E-state index contributed by atoms with van der Waals surface area (Å²) in [6.07, 6.45) is 4.08. The predicted molar refractivity (Wildman–Crippen MR) is 125 cm³/mol. The third kappa shape index (κ3) is 3.76. The molecule has 1 aromatic carbocycles. The number of amidine groups is 1. The number of hydrogen-bond donors (Lipinski definition) is 3. The summed E-state index contributed by atoms with van der Waals surface area (Å²) < 4.78 is 13.8. The topological polar surface area (TPSA) is 137 Å². The number of nitrogen functional groups attached to an aromatic ring is 1. The summed E-state index contributed by atoms with van der Waals surface area (Å²) in [4.78, 5) is 28.3. The minimum absolute atomic E-state index is 0.0829. The number of thioether (sulfide) groups is 1. The van der Waals surface area contributed by atoms with Gasteiger partial charge in [0.05, 0.1) is 10.8 Å². The number of Topliss-reactive ketones (excluding diaryl/α,β-unsaturated/α-hetero) is 1. The molecule has 0 radical (unpaired) electrons. The standard InChI is InChI=1S/C23H26FN7OS/c1-12-17(32)18(33-16-4-7-28-22(27)29-16)20(26)30-21(12)31-8-5-23(6-9-31)11-13-2-3-14(24)10-15(13)19(23)25/h2-4,7,10,12,19H,5-6,8-9,11,25-26H2,1H3,(H2,27,28,29)/t12-,19?/m1/s1. The Hall–Kier alpha value is -2.98. The zero-order valence-corrected chi connectivity index (χ0v) is 19.1. The van der Waals surface area contributed by atoms with E-state index in [1.807, 2.05) is 13.0 Å². The third-order valence-corrected chi connectivity index (χ3v) is 8.11. The number of anilines is 1. The van der Waals surface area contributed by atoms with Crippen LogP contribution in [0.4, 0.5) is 10.3 Å². The van der Waals surface area contributed by atoms with E-state index in [0.29, 0.717) is 15.8 Å². The second-order valence-electron chi connectivity index (χ2n) is 8.97. The summed E-state index contributed by atoms with van der Waals surface area (Å²) in [5, 5.41) is 0.547. The number of carbonyl (C=O) groups is 1. The van der Waals surface area contributed by atoms with Gasteiger partial charge in [0.25, 0.3) is 0 Å². The molecule has 5 rings (SSSR count). The number of ketones is 1. The Morgan fingerprint density at radius 2 is 1.97 bits per heavy atom. The van der Waals surface area contributed by atoms with Crippen LogP contribution < -0.4 is 17.2 Å². The molecule has 0 saturated carbocycles. The van der Waals surface area contributed by atoms with Crippen LogP contribution in [0.5, 0.6) is 0 Å². The van der Waals surface area contributed by atoms with E-state index in [9.17, 15) is 9.18 Å². The lowest BCUT2D eigenvalue weighted by Gasteiger charge is -2.44. The zero-order valence-electron chi connectivity index (χ0n) is 18.3. The van der Waals surface area contributed by atoms with Crippen LogP contribution in [-0.4, -0.2) is 39.6 Å². The van der Waals surface area contributed by atoms with Gasteiger partial charge in [-0.15, -0.1) is 0 Å². The highest BCUT2D eigenvalue weighted by molar-refractivity contribution is 8.04. The SMILES string of the molecule is C[C@@H]1C(=O)C(Sc2ccnc(N)n2)=C(N)N=C1N1CCC2(CC1)Cc1ccc(F)cc1C2N. The number of piperidine rings is 1. The van der Waals surface area contributed by atoms with Crippen LogP contribution in [0.3, 0.4) is 0 Å². The highest BCUT2D eigenvalue weighted by Gasteiger charge is 2.47. The van der Waals surface area contributed by atoms with Crippen molar-refractivity contribution < 1.29 is 9.18 Å². The van der Waals surface area contributed by atoms with Crippen LogP contribution in [0.2, 0.25) is 0 Å². The van der Waals surface area contributed by atoms with Crippen LogP contribution >= 0.6 is 11.8 Å². The lowest BCUT2D eigenvalue weighted by molar-refractivity contribution is -0.116. The third-order valence-electron chi connectivity index (χ3n) is 7.06. The molecule has 2 aliphatic heterocycles. The van der Waals surface area contributed by atoms with Crippen LogP contribution in [-0.2, 0) is 11.2 Å². The summed E-state index contributed by atoms with van der Waals surface area (Å²) in [5.74, 6) is 0.266. The van der Waals surface area contributed by atoms with Crippen molar-refractivity contribution in [2.24, 2.45) is 27.8 Å². The molecule has 2 atom stereocenters. The van der Waals surface area contributed by atoms with Gasteiger partial charge in [0, 0.05) is 25.3 Å². The highest BCUT2D eigenvalue weighted by atomic mass is 32.2. The Morgan fingerprint density at radius 1 is 1.21 bits per heavy atom. The number of aliphatic imine (C=N–C) groups is 1. The minimum atomic E-state index is -0.420. The number of allylic oxidation sites excluding steroid dienone is 1. The van der Waals surface area contributed by atoms with Crippen molar-refractivity contribution in [1.82, 2.24) is 14.9 Å². The van der Waals surface area contributed by atoms with Gasteiger partial charge in [0.1, 0.15) is 22.5 Å². The average Bonchev–Trinajstić information content (AvgIpc) is 3.05. The van der Waals surface area contributed by atoms with Gasteiger partial charge in [-0.3, -0.25) is 4.79 Å². The van der Waals surface area contributed by atoms with E-state index in [4.69, 9.17) is 17.2 Å². The molecule has 1 fully saturated rings. The maximum atomic E-state index is 13.8. The normalized spacial score (nSPS) is 24.3. The molecule has 0 bridgehead atoms. The van der Waals surface area contributed by atoms with Crippen LogP contribution in [0.1, 0.15) is 36.9 Å². The van der Waals surface area contributed by atoms with E-state index in [1.165, 1.54) is 12.3 Å². The van der Waals surface area contributed by atoms with Gasteiger partial charge in [-0.05, 0) is 60.9 Å². The number of aromatic nitrogens is 2. The Bertz CT molecular complexity index is 1190. The van der Waals surface area contributed by atoms with Gasteiger partial charge < -0.3 is 22.1 Å². The maximum Gasteiger partial charge on any atom is 0.221 e. The molecule has 1 aliphatic carbocycles. The number of likely N-dealkylation sites (tertiary alicyclic amines) is 1. The van der Waals surface area contributed by atoms with Crippen molar-refractivity contribution in [3.8, 4) is 0 Å². The molecule has 33 heavy (non-hydrogen) atoms. The number of rotatable bonds is 2. The molecule has 1 unspecified atom stereocenters. The number of carbonyl (C=O) groups excluding carboxylic acids is 1. The lowest BCUT2D eigenvalue weighted by atomic mass is 9.73. The van der Waals surface area contributed by atoms with Crippen LogP contribution in [0.15, 0.2) is 51.2 Å². The molecule has 0 amide bonds. The first-order valence-electron chi connectivity index (χ1n) is 11.0. The fourth-order valence-electron chi connectivity index (χ4n) is 5.18. The van der Waals surface area contributed by atoms with Crippen molar-refractivity contribution in [3.63, 3.8) is 0 Å². The van der Waals surface area contributed by atoms with Crippen molar-refractivity contribution in [2.45, 2.75) is 37.3 Å². The molecule has 3 aliphatic rings. The van der Waals surface area contributed by atoms with Crippen molar-refractivity contribution >= 4 is 29.3 Å². The number of fused-ring (bicyclic) bond motifs is 1. The van der Waals surface area contributed by atoms with Gasteiger partial charge >= 0.3 is 0 Å². The van der Waals surface area contributed by atoms with E-state index in [-0.39, 0.29) is 34.8 Å². The molecule has 1 spiro atoms. The monoisotopic (exact) mass is 467 g/mol. The van der Waals surface area contributed by atoms with Gasteiger partial charge in [-0.25, -0.2) is 19.4 Å². The van der Waals surface area contributed by atoms with E-state index in [0.717, 1.165) is 55.2 Å². The molecule has 2 aromatic rings. The van der Waals surface area contributed by atoms with Crippen molar-refractivity contribution in [1.29, 1.82) is 0 Å². The summed E-state index contributed by atoms with van der Waals surface area (Å²) >= 11 is 1.16. The predicted octanol–water partition coefficient (Wildman–Crippen LogP) is 2.37. The lowest BCUT2D eigenvalue weighted by Crippen LogP contribution is -2.49. The first kappa shape index (κ1) is 21.8. The second-order valence-corrected chi connectivity index (χ2v) is 10.0. The summed E-state index contributed by atoms with van der Waals surface area (Å²) in [6.45, 7) is 3.30. The van der Waals surface area contributed by atoms with Crippen LogP contribution in [0.25, 0.3) is 0 Å².